The molecule has 0 unspecified atom stereocenters. The van der Waals surface area contributed by atoms with E-state index in [2.05, 4.69) is 13.0 Å². The highest BCUT2D eigenvalue weighted by Crippen LogP contribution is 2.49. The van der Waals surface area contributed by atoms with E-state index in [1.165, 1.54) is 5.56 Å². The molecule has 0 radical (unpaired) electrons. The highest BCUT2D eigenvalue weighted by Gasteiger charge is 2.48. The molecule has 0 amide bonds. The quantitative estimate of drug-likeness (QED) is 0.626. The van der Waals surface area contributed by atoms with Gasteiger partial charge >= 0.3 is 5.63 Å². The lowest BCUT2D eigenvalue weighted by atomic mass is 9.85. The number of fused-ring (bicyclic) bond motifs is 6. The summed E-state index contributed by atoms with van der Waals surface area (Å²) < 4.78 is 18.5. The SMILES string of the molecule is CCCC[C@]12Cc3ccccc3[C@H](O1)c1c(cc(-c3ccccc3)oc1=O)O2. The first-order valence-corrected chi connectivity index (χ1v) is 9.87. The summed E-state index contributed by atoms with van der Waals surface area (Å²) in [7, 11) is 0. The van der Waals surface area contributed by atoms with Crippen LogP contribution in [0, 0.1) is 0 Å². The highest BCUT2D eigenvalue weighted by atomic mass is 16.7. The third-order valence-corrected chi connectivity index (χ3v) is 5.61. The van der Waals surface area contributed by atoms with Gasteiger partial charge < -0.3 is 13.9 Å². The summed E-state index contributed by atoms with van der Waals surface area (Å²) in [6.45, 7) is 2.16. The smallest absolute Gasteiger partial charge is 0.346 e. The van der Waals surface area contributed by atoms with Crippen LogP contribution in [-0.4, -0.2) is 5.79 Å². The van der Waals surface area contributed by atoms with Crippen LogP contribution in [0.1, 0.15) is 49.0 Å². The lowest BCUT2D eigenvalue weighted by Crippen LogP contribution is -2.50. The Morgan fingerprint density at radius 1 is 1.07 bits per heavy atom. The van der Waals surface area contributed by atoms with Crippen LogP contribution in [0.25, 0.3) is 11.3 Å². The molecule has 0 saturated heterocycles. The van der Waals surface area contributed by atoms with Gasteiger partial charge in [0, 0.05) is 24.5 Å². The van der Waals surface area contributed by atoms with Gasteiger partial charge in [-0.3, -0.25) is 0 Å². The topological polar surface area (TPSA) is 48.7 Å². The average molecular weight is 374 g/mol. The Morgan fingerprint density at radius 2 is 1.86 bits per heavy atom. The third-order valence-electron chi connectivity index (χ3n) is 5.61. The second-order valence-electron chi connectivity index (χ2n) is 7.53. The molecule has 0 aliphatic carbocycles. The van der Waals surface area contributed by atoms with E-state index in [1.807, 2.05) is 54.6 Å². The maximum Gasteiger partial charge on any atom is 0.346 e. The van der Waals surface area contributed by atoms with Crippen LogP contribution >= 0.6 is 0 Å². The normalized spacial score (nSPS) is 22.1. The van der Waals surface area contributed by atoms with Gasteiger partial charge in [-0.1, -0.05) is 67.9 Å². The number of hydrogen-bond acceptors (Lipinski definition) is 4. The molecule has 2 aliphatic rings. The van der Waals surface area contributed by atoms with Crippen LogP contribution in [0.3, 0.4) is 0 Å². The second-order valence-corrected chi connectivity index (χ2v) is 7.53. The molecule has 4 nitrogen and oxygen atoms in total. The average Bonchev–Trinajstić information content (AvgIpc) is 2.72. The van der Waals surface area contributed by atoms with Gasteiger partial charge in [0.2, 0.25) is 5.79 Å². The van der Waals surface area contributed by atoms with Crippen LogP contribution in [-0.2, 0) is 11.2 Å². The minimum absolute atomic E-state index is 0.401. The van der Waals surface area contributed by atoms with Crippen LogP contribution in [0.5, 0.6) is 5.75 Å². The van der Waals surface area contributed by atoms with E-state index in [0.29, 0.717) is 23.5 Å². The number of rotatable bonds is 4. The van der Waals surface area contributed by atoms with Crippen molar-refractivity contribution in [1.29, 1.82) is 0 Å². The molecule has 2 aliphatic heterocycles. The molecule has 1 aromatic heterocycles. The van der Waals surface area contributed by atoms with E-state index < -0.39 is 17.5 Å². The summed E-state index contributed by atoms with van der Waals surface area (Å²) in [6.07, 6.45) is 3.07. The molecule has 2 bridgehead atoms. The van der Waals surface area contributed by atoms with E-state index in [1.54, 1.807) is 0 Å². The highest BCUT2D eigenvalue weighted by molar-refractivity contribution is 5.60. The Hall–Kier alpha value is -2.85. The molecule has 142 valence electrons. The van der Waals surface area contributed by atoms with Crippen molar-refractivity contribution < 1.29 is 13.9 Å². The van der Waals surface area contributed by atoms with Crippen molar-refractivity contribution >= 4 is 0 Å². The Bertz CT molecular complexity index is 1070. The molecule has 2 atom stereocenters. The Balaban J connectivity index is 1.68. The molecule has 3 heterocycles. The van der Waals surface area contributed by atoms with Crippen molar-refractivity contribution in [1.82, 2.24) is 0 Å². The van der Waals surface area contributed by atoms with E-state index in [-0.39, 0.29) is 0 Å². The Labute approximate surface area is 163 Å². The van der Waals surface area contributed by atoms with Gasteiger partial charge in [0.25, 0.3) is 0 Å². The number of hydrogen-bond donors (Lipinski definition) is 0. The van der Waals surface area contributed by atoms with Gasteiger partial charge in [-0.15, -0.1) is 0 Å². The van der Waals surface area contributed by atoms with Crippen molar-refractivity contribution in [2.24, 2.45) is 0 Å². The molecule has 28 heavy (non-hydrogen) atoms. The van der Waals surface area contributed by atoms with Crippen molar-refractivity contribution in [2.45, 2.75) is 44.5 Å². The summed E-state index contributed by atoms with van der Waals surface area (Å²) in [5, 5.41) is 0. The van der Waals surface area contributed by atoms with Gasteiger partial charge in [-0.25, -0.2) is 4.79 Å². The molecular weight excluding hydrogens is 352 g/mol. The first-order chi connectivity index (χ1) is 13.7. The number of ether oxygens (including phenoxy) is 2. The van der Waals surface area contributed by atoms with Gasteiger partial charge in [0.1, 0.15) is 23.2 Å². The maximum absolute atomic E-state index is 13.0. The van der Waals surface area contributed by atoms with Crippen molar-refractivity contribution in [3.8, 4) is 17.1 Å². The zero-order valence-electron chi connectivity index (χ0n) is 15.8. The van der Waals surface area contributed by atoms with Crippen molar-refractivity contribution in [2.75, 3.05) is 0 Å². The Kier molecular flexibility index (Phi) is 4.09. The van der Waals surface area contributed by atoms with Gasteiger partial charge in [-0.2, -0.15) is 0 Å². The van der Waals surface area contributed by atoms with Crippen molar-refractivity contribution in [3.63, 3.8) is 0 Å². The first kappa shape index (κ1) is 17.3. The summed E-state index contributed by atoms with van der Waals surface area (Å²) in [5.74, 6) is 0.365. The number of unbranched alkanes of at least 4 members (excludes halogenated alkanes) is 1. The minimum Gasteiger partial charge on any atom is -0.461 e. The monoisotopic (exact) mass is 374 g/mol. The molecule has 0 saturated carbocycles. The van der Waals surface area contributed by atoms with E-state index in [4.69, 9.17) is 13.9 Å². The van der Waals surface area contributed by atoms with E-state index >= 15 is 0 Å². The molecule has 0 fully saturated rings. The van der Waals surface area contributed by atoms with E-state index in [9.17, 15) is 4.79 Å². The summed E-state index contributed by atoms with van der Waals surface area (Å²) >= 11 is 0. The van der Waals surface area contributed by atoms with Crippen LogP contribution in [0.2, 0.25) is 0 Å². The fourth-order valence-electron chi connectivity index (χ4n) is 4.23. The fourth-order valence-corrected chi connectivity index (χ4v) is 4.23. The van der Waals surface area contributed by atoms with Gasteiger partial charge in [0.05, 0.1) is 0 Å². The standard InChI is InChI=1S/C24H22O4/c1-2-3-13-24-15-17-11-7-8-12-18(17)22(28-24)21-20(27-24)14-19(26-23(21)25)16-9-5-4-6-10-16/h4-12,14,22H,2-3,13,15H2,1H3/t22-,24+/m0/s1. The lowest BCUT2D eigenvalue weighted by molar-refractivity contribution is -0.233. The molecular formula is C24H22O4. The molecule has 4 heteroatoms. The maximum atomic E-state index is 13.0. The predicted molar refractivity (Wildman–Crippen MR) is 106 cm³/mol. The summed E-state index contributed by atoms with van der Waals surface area (Å²) in [5.41, 5.74) is 3.11. The molecule has 0 spiro atoms. The van der Waals surface area contributed by atoms with Crippen LogP contribution in [0.4, 0.5) is 0 Å². The van der Waals surface area contributed by atoms with Gasteiger partial charge in [-0.05, 0) is 17.5 Å². The Morgan fingerprint density at radius 3 is 2.68 bits per heavy atom. The van der Waals surface area contributed by atoms with E-state index in [0.717, 1.165) is 30.4 Å². The van der Waals surface area contributed by atoms with Crippen LogP contribution in [0.15, 0.2) is 69.9 Å². The zero-order valence-corrected chi connectivity index (χ0v) is 15.8. The predicted octanol–water partition coefficient (Wildman–Crippen LogP) is 5.25. The summed E-state index contributed by atoms with van der Waals surface area (Å²) in [4.78, 5) is 13.0. The second kappa shape index (κ2) is 6.64. The lowest BCUT2D eigenvalue weighted by Gasteiger charge is -2.46. The molecule has 5 rings (SSSR count). The zero-order chi connectivity index (χ0) is 19.1. The summed E-state index contributed by atoms with van der Waals surface area (Å²) in [6, 6.07) is 19.6. The molecule has 3 aromatic rings. The van der Waals surface area contributed by atoms with Gasteiger partial charge in [0.15, 0.2) is 0 Å². The molecule has 0 N–H and O–H groups in total. The fraction of sp³-hybridized carbons (Fsp3) is 0.292. The minimum atomic E-state index is -0.732. The number of benzene rings is 2. The molecule has 2 aromatic carbocycles. The largest absolute Gasteiger partial charge is 0.461 e. The van der Waals surface area contributed by atoms with Crippen molar-refractivity contribution in [3.05, 3.63) is 87.8 Å². The van der Waals surface area contributed by atoms with Crippen LogP contribution < -0.4 is 10.4 Å². The third kappa shape index (κ3) is 2.76. The first-order valence-electron chi connectivity index (χ1n) is 9.87.